The minimum absolute atomic E-state index is 0.0203. The van der Waals surface area contributed by atoms with Crippen LogP contribution < -0.4 is 15.4 Å². The first-order chi connectivity index (χ1) is 18.1. The van der Waals surface area contributed by atoms with E-state index in [0.717, 1.165) is 0 Å². The lowest BCUT2D eigenvalue weighted by Crippen LogP contribution is -2.18. The molecule has 0 saturated heterocycles. The first-order valence-electron chi connectivity index (χ1n) is 10.9. The highest BCUT2D eigenvalue weighted by molar-refractivity contribution is 6.32. The minimum atomic E-state index is -0.577. The van der Waals surface area contributed by atoms with E-state index in [0.29, 0.717) is 5.82 Å². The topological polar surface area (TPSA) is 86.7 Å². The molecule has 0 radical (unpaired) electrons. The second-order valence-electron chi connectivity index (χ2n) is 8.07. The number of anilines is 2. The molecular weight excluding hydrogens is 514 g/mol. The number of rotatable bonds is 4. The van der Waals surface area contributed by atoms with Gasteiger partial charge < -0.3 is 14.8 Å². The molecule has 192 valence electrons. The van der Waals surface area contributed by atoms with Crippen molar-refractivity contribution < 1.29 is 8.78 Å². The van der Waals surface area contributed by atoms with Crippen molar-refractivity contribution in [3.8, 4) is 22.8 Å². The lowest BCUT2D eigenvalue weighted by atomic mass is 10.2. The van der Waals surface area contributed by atoms with E-state index in [1.165, 1.54) is 18.2 Å². The molecule has 2 aromatic carbocycles. The van der Waals surface area contributed by atoms with Crippen LogP contribution in [0.1, 0.15) is 0 Å². The summed E-state index contributed by atoms with van der Waals surface area (Å²) in [6.45, 7) is 14.1. The molecule has 0 aliphatic carbocycles. The zero-order valence-corrected chi connectivity index (χ0v) is 21.5. The Labute approximate surface area is 222 Å². The highest BCUT2D eigenvalue weighted by Gasteiger charge is 2.18. The third-order valence-electron chi connectivity index (χ3n) is 5.01. The first kappa shape index (κ1) is 27.7. The van der Waals surface area contributed by atoms with Gasteiger partial charge in [-0.05, 0) is 24.3 Å². The molecule has 12 heteroatoms. The van der Waals surface area contributed by atoms with Crippen molar-refractivity contribution >= 4 is 34.6 Å². The van der Waals surface area contributed by atoms with Gasteiger partial charge in [0, 0.05) is 28.2 Å². The summed E-state index contributed by atoms with van der Waals surface area (Å²) in [5.41, 5.74) is -0.0768. The predicted molar refractivity (Wildman–Crippen MR) is 144 cm³/mol. The fourth-order valence-corrected chi connectivity index (χ4v) is 3.44. The Morgan fingerprint density at radius 1 is 0.789 bits per heavy atom. The van der Waals surface area contributed by atoms with E-state index < -0.39 is 17.2 Å². The summed E-state index contributed by atoms with van der Waals surface area (Å²) in [6.07, 6.45) is 0. The van der Waals surface area contributed by atoms with E-state index in [1.807, 2.05) is 0 Å². The molecule has 0 fully saturated rings. The van der Waals surface area contributed by atoms with Crippen LogP contribution in [0.25, 0.3) is 32.5 Å². The molecule has 38 heavy (non-hydrogen) atoms. The summed E-state index contributed by atoms with van der Waals surface area (Å²) in [5, 5.41) is 0.0203. The first-order valence-corrected chi connectivity index (χ1v) is 11.3. The average molecular weight is 535 g/mol. The Kier molecular flexibility index (Phi) is 8.69. The van der Waals surface area contributed by atoms with Crippen LogP contribution in [-0.4, -0.2) is 48.1 Å². The van der Waals surface area contributed by atoms with Crippen LogP contribution in [0, 0.1) is 24.8 Å². The quantitative estimate of drug-likeness (QED) is 0.265. The number of benzene rings is 2. The molecule has 0 unspecified atom stereocenters. The van der Waals surface area contributed by atoms with Gasteiger partial charge in [-0.25, -0.2) is 33.4 Å². The normalized spacial score (nSPS) is 10.0. The van der Waals surface area contributed by atoms with Gasteiger partial charge in [-0.1, -0.05) is 35.9 Å². The van der Waals surface area contributed by atoms with Gasteiger partial charge in [-0.15, -0.1) is 0 Å². The Morgan fingerprint density at radius 2 is 1.29 bits per heavy atom. The van der Waals surface area contributed by atoms with Crippen LogP contribution in [0.4, 0.5) is 31.8 Å². The third kappa shape index (κ3) is 5.91. The third-order valence-corrected chi connectivity index (χ3v) is 5.28. The van der Waals surface area contributed by atoms with Crippen LogP contribution in [0.5, 0.6) is 0 Å². The highest BCUT2D eigenvalue weighted by atomic mass is 35.5. The van der Waals surface area contributed by atoms with Crippen LogP contribution in [-0.2, 0) is 0 Å². The van der Waals surface area contributed by atoms with Crippen molar-refractivity contribution in [2.75, 3.05) is 38.0 Å². The largest absolute Gasteiger partial charge is 0.371 e. The zero-order valence-electron chi connectivity index (χ0n) is 20.8. The number of nitrogens with one attached hydrogen (secondary N) is 1. The van der Waals surface area contributed by atoms with E-state index in [1.54, 1.807) is 68.3 Å². The summed E-state index contributed by atoms with van der Waals surface area (Å²) < 4.78 is 27.4. The molecule has 2 heterocycles. The summed E-state index contributed by atoms with van der Waals surface area (Å²) in [6, 6.07) is 12.2. The van der Waals surface area contributed by atoms with E-state index in [4.69, 9.17) is 24.7 Å². The molecule has 0 spiro atoms. The van der Waals surface area contributed by atoms with Crippen molar-refractivity contribution in [1.82, 2.24) is 19.9 Å². The van der Waals surface area contributed by atoms with Crippen LogP contribution >= 0.6 is 11.6 Å². The molecule has 0 saturated carbocycles. The van der Waals surface area contributed by atoms with Gasteiger partial charge >= 0.3 is 0 Å². The van der Waals surface area contributed by atoms with Crippen molar-refractivity contribution in [3.05, 3.63) is 98.5 Å². The van der Waals surface area contributed by atoms with Gasteiger partial charge in [-0.3, -0.25) is 4.79 Å². The van der Waals surface area contributed by atoms with Gasteiger partial charge in [0.1, 0.15) is 34.2 Å². The summed E-state index contributed by atoms with van der Waals surface area (Å²) in [7, 11) is 6.81. The number of aromatic nitrogens is 4. The Balaban J connectivity index is 0.000000211. The van der Waals surface area contributed by atoms with Gasteiger partial charge in [0.2, 0.25) is 0 Å². The van der Waals surface area contributed by atoms with E-state index in [9.17, 15) is 13.6 Å². The fourth-order valence-electron chi connectivity index (χ4n) is 3.24. The lowest BCUT2D eigenvalue weighted by molar-refractivity contribution is 0.629. The van der Waals surface area contributed by atoms with Crippen molar-refractivity contribution in [2.24, 2.45) is 0 Å². The van der Waals surface area contributed by atoms with Crippen LogP contribution in [0.2, 0.25) is 5.15 Å². The number of nitrogens with zero attached hydrogens (tertiary/aromatic N) is 7. The van der Waals surface area contributed by atoms with Crippen molar-refractivity contribution in [2.45, 2.75) is 0 Å². The van der Waals surface area contributed by atoms with Gasteiger partial charge in [0.25, 0.3) is 16.9 Å². The Bertz CT molecular complexity index is 1620. The molecule has 0 bridgehead atoms. The van der Waals surface area contributed by atoms with Gasteiger partial charge in [-0.2, -0.15) is 0 Å². The molecule has 0 atom stereocenters. The van der Waals surface area contributed by atoms with E-state index >= 15 is 0 Å². The lowest BCUT2D eigenvalue weighted by Gasteiger charge is -2.15. The van der Waals surface area contributed by atoms with Gasteiger partial charge in [0.05, 0.1) is 24.3 Å². The van der Waals surface area contributed by atoms with Crippen molar-refractivity contribution in [1.29, 1.82) is 0 Å². The second kappa shape index (κ2) is 11.9. The Hall–Kier alpha value is -4.87. The smallest absolute Gasteiger partial charge is 0.291 e. The highest BCUT2D eigenvalue weighted by Crippen LogP contribution is 2.34. The maximum Gasteiger partial charge on any atom is 0.291 e. The standard InChI is InChI=1S/C13H10ClFN4.C13H11FN4O/c1-16-10-11(14)17-12(18-13(10)19(2)3)8-6-4-5-7-9(8)15;1-15-10-12(18(2)3)16-11(17-13(10)19)8-6-4-5-7-9(8)14/h4-7H,2-3H3;4-7H,2-3H3,(H,16,17,19). The molecule has 0 aliphatic rings. The maximum absolute atomic E-state index is 13.7. The molecule has 4 rings (SSSR count). The van der Waals surface area contributed by atoms with E-state index in [-0.39, 0.29) is 45.1 Å². The monoisotopic (exact) mass is 534 g/mol. The molecule has 1 N–H and O–H groups in total. The number of halogens is 3. The second-order valence-corrected chi connectivity index (χ2v) is 8.43. The SMILES string of the molecule is [C-]#[N+]c1c(Cl)nc(-c2ccccc2F)nc1N(C)C.[C-]#[N+]c1c(N(C)C)nc(-c2ccccc2F)[nH]c1=O. The minimum Gasteiger partial charge on any atom is -0.371 e. The van der Waals surface area contributed by atoms with Crippen LogP contribution in [0.15, 0.2) is 53.3 Å². The fraction of sp³-hybridized carbons (Fsp3) is 0.154. The predicted octanol–water partition coefficient (Wildman–Crippen LogP) is 5.75. The number of aromatic amines is 1. The molecular formula is C26H21ClF2N8O. The number of H-pyrrole nitrogens is 1. The summed E-state index contributed by atoms with van der Waals surface area (Å²) >= 11 is 5.97. The van der Waals surface area contributed by atoms with Crippen molar-refractivity contribution in [3.63, 3.8) is 0 Å². The Morgan fingerprint density at radius 3 is 1.79 bits per heavy atom. The number of hydrogen-bond acceptors (Lipinski definition) is 6. The molecule has 4 aromatic rings. The number of hydrogen-bond donors (Lipinski definition) is 1. The van der Waals surface area contributed by atoms with Crippen LogP contribution in [0.3, 0.4) is 0 Å². The molecule has 0 amide bonds. The molecule has 2 aromatic heterocycles. The maximum atomic E-state index is 13.7. The molecule has 9 nitrogen and oxygen atoms in total. The summed E-state index contributed by atoms with van der Waals surface area (Å²) in [5.74, 6) is -0.0478. The summed E-state index contributed by atoms with van der Waals surface area (Å²) in [4.78, 5) is 36.3. The average Bonchev–Trinajstić information content (AvgIpc) is 2.88. The van der Waals surface area contributed by atoms with Gasteiger partial charge in [0.15, 0.2) is 5.82 Å². The zero-order chi connectivity index (χ0) is 28.0. The molecule has 0 aliphatic heterocycles. The van der Waals surface area contributed by atoms with E-state index in [2.05, 4.69) is 29.6 Å².